The molecule has 0 unspecified atom stereocenters. The largest absolute Gasteiger partial charge is 0.485 e. The number of fused-ring (bicyclic) bond motifs is 1. The summed E-state index contributed by atoms with van der Waals surface area (Å²) in [5.41, 5.74) is 2.97. The summed E-state index contributed by atoms with van der Waals surface area (Å²) in [5, 5.41) is 0.567. The summed E-state index contributed by atoms with van der Waals surface area (Å²) in [6.45, 7) is 1.85. The number of Topliss-reactive ketones (excluding diaryl/α,β-unsaturated/α-hetero) is 2. The summed E-state index contributed by atoms with van der Waals surface area (Å²) in [4.78, 5) is 24.8. The molecule has 0 saturated heterocycles. The molecule has 4 rings (SSSR count). The van der Waals surface area contributed by atoms with Crippen molar-refractivity contribution in [3.63, 3.8) is 0 Å². The van der Waals surface area contributed by atoms with Gasteiger partial charge in [-0.05, 0) is 60.5 Å². The van der Waals surface area contributed by atoms with Gasteiger partial charge in [-0.2, -0.15) is 0 Å². The van der Waals surface area contributed by atoms with Crippen molar-refractivity contribution >= 4 is 29.2 Å². The third-order valence-corrected chi connectivity index (χ3v) is 4.90. The first kappa shape index (κ1) is 19.0. The van der Waals surface area contributed by atoms with Gasteiger partial charge in [0.25, 0.3) is 0 Å². The second-order valence-corrected chi connectivity index (χ2v) is 7.11. The zero-order chi connectivity index (χ0) is 20.4. The number of aryl methyl sites for hydroxylation is 1. The van der Waals surface area contributed by atoms with Gasteiger partial charge in [0.05, 0.1) is 5.56 Å². The van der Waals surface area contributed by atoms with Crippen LogP contribution in [0.5, 0.6) is 11.5 Å². The zero-order valence-electron chi connectivity index (χ0n) is 15.6. The summed E-state index contributed by atoms with van der Waals surface area (Å²) in [5.74, 6) is 0.803. The first-order valence-electron chi connectivity index (χ1n) is 9.07. The third-order valence-electron chi connectivity index (χ3n) is 4.65. The van der Waals surface area contributed by atoms with Crippen LogP contribution in [0.25, 0.3) is 6.08 Å². The smallest absolute Gasteiger partial charge is 0.231 e. The van der Waals surface area contributed by atoms with Crippen molar-refractivity contribution in [1.82, 2.24) is 0 Å². The highest BCUT2D eigenvalue weighted by Crippen LogP contribution is 2.35. The average Bonchev–Trinajstić information content (AvgIpc) is 3.03. The van der Waals surface area contributed by atoms with Gasteiger partial charge in [-0.25, -0.2) is 0 Å². The SMILES string of the molecule is Cc1ccccc1C=C1Oc2cc(OCC(=O)c3ccc(Cl)cc3)ccc2C1=O. The van der Waals surface area contributed by atoms with Crippen LogP contribution in [0.1, 0.15) is 31.8 Å². The van der Waals surface area contributed by atoms with Crippen LogP contribution in [0.15, 0.2) is 72.5 Å². The average molecular weight is 405 g/mol. The highest BCUT2D eigenvalue weighted by Gasteiger charge is 2.28. The molecule has 1 aliphatic heterocycles. The number of allylic oxidation sites excluding steroid dienone is 1. The molecule has 0 atom stereocenters. The molecular formula is C24H17ClO4. The Kier molecular flexibility index (Phi) is 5.19. The lowest BCUT2D eigenvalue weighted by atomic mass is 10.1. The molecule has 0 bridgehead atoms. The van der Waals surface area contributed by atoms with E-state index in [2.05, 4.69) is 0 Å². The second kappa shape index (κ2) is 7.94. The predicted molar refractivity (Wildman–Crippen MR) is 112 cm³/mol. The standard InChI is InChI=1S/C24H17ClO4/c1-15-4-2-3-5-17(15)12-23-24(27)20-11-10-19(13-22(20)29-23)28-14-21(26)16-6-8-18(25)9-7-16/h2-13H,14H2,1H3. The number of hydrogen-bond acceptors (Lipinski definition) is 4. The molecule has 0 saturated carbocycles. The Morgan fingerprint density at radius 3 is 2.59 bits per heavy atom. The Morgan fingerprint density at radius 2 is 1.83 bits per heavy atom. The molecule has 0 N–H and O–H groups in total. The molecule has 0 spiro atoms. The molecule has 5 heteroatoms. The van der Waals surface area contributed by atoms with Crippen LogP contribution < -0.4 is 9.47 Å². The molecule has 29 heavy (non-hydrogen) atoms. The van der Waals surface area contributed by atoms with E-state index in [1.165, 1.54) is 0 Å². The van der Waals surface area contributed by atoms with E-state index >= 15 is 0 Å². The number of carbonyl (C=O) groups excluding carboxylic acids is 2. The summed E-state index contributed by atoms with van der Waals surface area (Å²) < 4.78 is 11.3. The van der Waals surface area contributed by atoms with Gasteiger partial charge in [-0.1, -0.05) is 35.9 Å². The maximum Gasteiger partial charge on any atom is 0.231 e. The fraction of sp³-hybridized carbons (Fsp3) is 0.0833. The number of rotatable bonds is 5. The molecule has 1 heterocycles. The van der Waals surface area contributed by atoms with Gasteiger partial charge >= 0.3 is 0 Å². The number of halogens is 1. The third kappa shape index (κ3) is 4.08. The van der Waals surface area contributed by atoms with Crippen molar-refractivity contribution in [1.29, 1.82) is 0 Å². The van der Waals surface area contributed by atoms with Crippen molar-refractivity contribution in [3.8, 4) is 11.5 Å². The van der Waals surface area contributed by atoms with Gasteiger partial charge in [0, 0.05) is 16.7 Å². The summed E-state index contributed by atoms with van der Waals surface area (Å²) in [7, 11) is 0. The van der Waals surface area contributed by atoms with Crippen molar-refractivity contribution in [2.45, 2.75) is 6.92 Å². The Hall–Kier alpha value is -3.37. The molecule has 1 aliphatic rings. The normalized spacial score (nSPS) is 13.9. The lowest BCUT2D eigenvalue weighted by Crippen LogP contribution is -2.11. The first-order valence-corrected chi connectivity index (χ1v) is 9.44. The van der Waals surface area contributed by atoms with Crippen molar-refractivity contribution in [3.05, 3.63) is 99.8 Å². The van der Waals surface area contributed by atoms with Crippen LogP contribution in [-0.4, -0.2) is 18.2 Å². The molecule has 0 radical (unpaired) electrons. The minimum absolute atomic E-state index is 0.125. The molecule has 0 amide bonds. The van der Waals surface area contributed by atoms with Crippen LogP contribution in [0.3, 0.4) is 0 Å². The van der Waals surface area contributed by atoms with E-state index < -0.39 is 0 Å². The maximum absolute atomic E-state index is 12.6. The topological polar surface area (TPSA) is 52.6 Å². The molecule has 0 aliphatic carbocycles. The summed E-state index contributed by atoms with van der Waals surface area (Å²) >= 11 is 5.84. The molecule has 0 aromatic heterocycles. The van der Waals surface area contributed by atoms with Crippen LogP contribution in [0.4, 0.5) is 0 Å². The highest BCUT2D eigenvalue weighted by atomic mass is 35.5. The first-order chi connectivity index (χ1) is 14.0. The van der Waals surface area contributed by atoms with E-state index in [-0.39, 0.29) is 23.9 Å². The van der Waals surface area contributed by atoms with E-state index in [0.29, 0.717) is 27.6 Å². The van der Waals surface area contributed by atoms with Crippen molar-refractivity contribution in [2.24, 2.45) is 0 Å². The minimum atomic E-state index is -0.174. The maximum atomic E-state index is 12.6. The van der Waals surface area contributed by atoms with Crippen LogP contribution >= 0.6 is 11.6 Å². The number of carbonyl (C=O) groups is 2. The fourth-order valence-electron chi connectivity index (χ4n) is 3.01. The molecule has 144 valence electrons. The molecule has 3 aromatic rings. The van der Waals surface area contributed by atoms with Gasteiger partial charge in [0.15, 0.2) is 18.1 Å². The minimum Gasteiger partial charge on any atom is -0.485 e. The van der Waals surface area contributed by atoms with Crippen LogP contribution in [-0.2, 0) is 0 Å². The quantitative estimate of drug-likeness (QED) is 0.414. The van der Waals surface area contributed by atoms with Gasteiger partial charge in [0.1, 0.15) is 11.5 Å². The monoisotopic (exact) mass is 404 g/mol. The van der Waals surface area contributed by atoms with Crippen LogP contribution in [0, 0.1) is 6.92 Å². The Labute approximate surface area is 173 Å². The molecule has 0 fully saturated rings. The Balaban J connectivity index is 1.48. The number of hydrogen-bond donors (Lipinski definition) is 0. The van der Waals surface area contributed by atoms with E-state index in [9.17, 15) is 9.59 Å². The van der Waals surface area contributed by atoms with Crippen molar-refractivity contribution in [2.75, 3.05) is 6.61 Å². The second-order valence-electron chi connectivity index (χ2n) is 6.67. The summed E-state index contributed by atoms with van der Waals surface area (Å²) in [6, 6.07) is 19.3. The van der Waals surface area contributed by atoms with Crippen molar-refractivity contribution < 1.29 is 19.1 Å². The molecular weight excluding hydrogens is 388 g/mol. The number of ketones is 2. The number of ether oxygens (including phenoxy) is 2. The summed E-state index contributed by atoms with van der Waals surface area (Å²) in [6.07, 6.45) is 1.74. The Morgan fingerprint density at radius 1 is 1.07 bits per heavy atom. The zero-order valence-corrected chi connectivity index (χ0v) is 16.4. The van der Waals surface area contributed by atoms with Gasteiger partial charge < -0.3 is 9.47 Å². The van der Waals surface area contributed by atoms with E-state index in [1.807, 2.05) is 31.2 Å². The lowest BCUT2D eigenvalue weighted by molar-refractivity contribution is 0.0921. The van der Waals surface area contributed by atoms with Gasteiger partial charge in [-0.3, -0.25) is 9.59 Å². The molecule has 3 aromatic carbocycles. The van der Waals surface area contributed by atoms with E-state index in [1.54, 1.807) is 48.5 Å². The van der Waals surface area contributed by atoms with E-state index in [0.717, 1.165) is 11.1 Å². The number of benzene rings is 3. The van der Waals surface area contributed by atoms with E-state index in [4.69, 9.17) is 21.1 Å². The predicted octanol–water partition coefficient (Wildman–Crippen LogP) is 5.53. The lowest BCUT2D eigenvalue weighted by Gasteiger charge is -2.07. The van der Waals surface area contributed by atoms with Gasteiger partial charge in [0.2, 0.25) is 5.78 Å². The van der Waals surface area contributed by atoms with Crippen LogP contribution in [0.2, 0.25) is 5.02 Å². The highest BCUT2D eigenvalue weighted by molar-refractivity contribution is 6.30. The molecule has 4 nitrogen and oxygen atoms in total. The van der Waals surface area contributed by atoms with Gasteiger partial charge in [-0.15, -0.1) is 0 Å². The fourth-order valence-corrected chi connectivity index (χ4v) is 3.14. The Bertz CT molecular complexity index is 1130.